The number of nitrogens with two attached hydrogens (primary N) is 1. The summed E-state index contributed by atoms with van der Waals surface area (Å²) in [5.41, 5.74) is 8.00. The summed E-state index contributed by atoms with van der Waals surface area (Å²) in [5, 5.41) is 2.83. The lowest BCUT2D eigenvalue weighted by Gasteiger charge is -2.23. The fourth-order valence-corrected chi connectivity index (χ4v) is 3.06. The van der Waals surface area contributed by atoms with Gasteiger partial charge in [0.15, 0.2) is 0 Å². The number of rotatable bonds is 2. The number of carbonyl (C=O) groups is 2. The van der Waals surface area contributed by atoms with Gasteiger partial charge in [0.1, 0.15) is 6.04 Å². The Balaban J connectivity index is 0.00000220. The van der Waals surface area contributed by atoms with Crippen molar-refractivity contribution in [2.45, 2.75) is 32.7 Å². The third-order valence-electron chi connectivity index (χ3n) is 3.57. The maximum atomic E-state index is 12.3. The molecular weight excluding hydrogens is 358 g/mol. The summed E-state index contributed by atoms with van der Waals surface area (Å²) in [6.07, 6.45) is 1.54. The highest BCUT2D eigenvalue weighted by molar-refractivity contribution is 9.10. The van der Waals surface area contributed by atoms with Gasteiger partial charge in [0.05, 0.1) is 11.4 Å². The van der Waals surface area contributed by atoms with Crippen LogP contribution in [0.25, 0.3) is 0 Å². The highest BCUT2D eigenvalue weighted by atomic mass is 79.9. The summed E-state index contributed by atoms with van der Waals surface area (Å²) >= 11 is 3.38. The summed E-state index contributed by atoms with van der Waals surface area (Å²) in [7, 11) is 0. The molecule has 2 amide bonds. The zero-order valence-corrected chi connectivity index (χ0v) is 14.4. The van der Waals surface area contributed by atoms with E-state index in [9.17, 15) is 9.59 Å². The first-order chi connectivity index (χ1) is 9.40. The molecule has 5 nitrogen and oxygen atoms in total. The van der Waals surface area contributed by atoms with Crippen molar-refractivity contribution in [2.24, 2.45) is 0 Å². The molecule has 1 aliphatic heterocycles. The van der Waals surface area contributed by atoms with E-state index in [4.69, 9.17) is 5.73 Å². The fourth-order valence-electron chi connectivity index (χ4n) is 2.49. The topological polar surface area (TPSA) is 75.4 Å². The second kappa shape index (κ2) is 7.13. The van der Waals surface area contributed by atoms with E-state index in [0.29, 0.717) is 24.3 Å². The molecule has 2 rings (SSSR count). The van der Waals surface area contributed by atoms with Gasteiger partial charge >= 0.3 is 0 Å². The van der Waals surface area contributed by atoms with Gasteiger partial charge in [-0.05, 0) is 37.5 Å². The van der Waals surface area contributed by atoms with E-state index in [1.54, 1.807) is 11.0 Å². The first-order valence-corrected chi connectivity index (χ1v) is 7.33. The molecule has 0 radical (unpaired) electrons. The maximum Gasteiger partial charge on any atom is 0.247 e. The second-order valence-electron chi connectivity index (χ2n) is 5.04. The minimum atomic E-state index is -0.397. The Bertz CT molecular complexity index is 565. The predicted octanol–water partition coefficient (Wildman–Crippen LogP) is 2.71. The van der Waals surface area contributed by atoms with Crippen molar-refractivity contribution in [3.05, 3.63) is 22.2 Å². The molecule has 3 N–H and O–H groups in total. The van der Waals surface area contributed by atoms with Crippen LogP contribution in [0.2, 0.25) is 0 Å². The van der Waals surface area contributed by atoms with E-state index < -0.39 is 6.04 Å². The Morgan fingerprint density at radius 1 is 1.43 bits per heavy atom. The molecule has 21 heavy (non-hydrogen) atoms. The number of nitrogen functional groups attached to an aromatic ring is 1. The van der Waals surface area contributed by atoms with Crippen LogP contribution in [0.5, 0.6) is 0 Å². The van der Waals surface area contributed by atoms with Gasteiger partial charge in [0, 0.05) is 17.9 Å². The monoisotopic (exact) mass is 375 g/mol. The van der Waals surface area contributed by atoms with Crippen LogP contribution in [0.4, 0.5) is 11.4 Å². The van der Waals surface area contributed by atoms with Gasteiger partial charge in [-0.15, -0.1) is 12.4 Å². The number of nitrogens with one attached hydrogen (secondary N) is 1. The zero-order chi connectivity index (χ0) is 14.9. The van der Waals surface area contributed by atoms with Crippen LogP contribution in [-0.2, 0) is 9.59 Å². The van der Waals surface area contributed by atoms with Gasteiger partial charge in [-0.3, -0.25) is 9.59 Å². The van der Waals surface area contributed by atoms with E-state index in [0.717, 1.165) is 16.5 Å². The molecule has 1 heterocycles. The first kappa shape index (κ1) is 17.8. The average Bonchev–Trinajstić information content (AvgIpc) is 2.84. The summed E-state index contributed by atoms with van der Waals surface area (Å²) < 4.78 is 0.856. The zero-order valence-electron chi connectivity index (χ0n) is 12.0. The normalized spacial score (nSPS) is 17.3. The van der Waals surface area contributed by atoms with Crippen molar-refractivity contribution in [3.8, 4) is 0 Å². The van der Waals surface area contributed by atoms with E-state index in [1.165, 1.54) is 6.92 Å². The summed E-state index contributed by atoms with van der Waals surface area (Å²) in [6, 6.07) is 3.27. The van der Waals surface area contributed by atoms with Gasteiger partial charge in [-0.2, -0.15) is 0 Å². The molecule has 1 aromatic carbocycles. The van der Waals surface area contributed by atoms with Gasteiger partial charge in [0.25, 0.3) is 0 Å². The first-order valence-electron chi connectivity index (χ1n) is 6.54. The largest absolute Gasteiger partial charge is 0.397 e. The second-order valence-corrected chi connectivity index (χ2v) is 5.96. The number of likely N-dealkylation sites (tertiary alicyclic amines) is 1. The molecule has 0 aromatic heterocycles. The number of benzene rings is 1. The van der Waals surface area contributed by atoms with Crippen molar-refractivity contribution < 1.29 is 9.59 Å². The van der Waals surface area contributed by atoms with Crippen molar-refractivity contribution in [2.75, 3.05) is 17.6 Å². The van der Waals surface area contributed by atoms with Gasteiger partial charge in [-0.1, -0.05) is 15.9 Å². The van der Waals surface area contributed by atoms with E-state index in [2.05, 4.69) is 21.2 Å². The number of hydrogen-bond acceptors (Lipinski definition) is 3. The Kier molecular flexibility index (Phi) is 6.04. The van der Waals surface area contributed by atoms with Crippen LogP contribution < -0.4 is 11.1 Å². The van der Waals surface area contributed by atoms with Crippen molar-refractivity contribution in [3.63, 3.8) is 0 Å². The third-order valence-corrected chi connectivity index (χ3v) is 4.03. The molecule has 0 bridgehead atoms. The number of hydrogen-bond donors (Lipinski definition) is 2. The molecular formula is C14H19BrClN3O2. The number of amides is 2. The molecule has 1 unspecified atom stereocenters. The number of nitrogens with zero attached hydrogens (tertiary/aromatic N) is 1. The van der Waals surface area contributed by atoms with Crippen LogP contribution >= 0.6 is 28.3 Å². The average molecular weight is 377 g/mol. The Labute approximate surface area is 138 Å². The highest BCUT2D eigenvalue weighted by Gasteiger charge is 2.32. The van der Waals surface area contributed by atoms with Gasteiger partial charge < -0.3 is 16.0 Å². The van der Waals surface area contributed by atoms with E-state index in [-0.39, 0.29) is 24.2 Å². The third kappa shape index (κ3) is 3.89. The molecule has 1 aromatic rings. The molecule has 1 atom stereocenters. The molecule has 1 fully saturated rings. The lowest BCUT2D eigenvalue weighted by molar-refractivity contribution is -0.134. The summed E-state index contributed by atoms with van der Waals surface area (Å²) in [4.78, 5) is 25.4. The molecule has 1 aliphatic rings. The minimum absolute atomic E-state index is 0. The Morgan fingerprint density at radius 3 is 2.71 bits per heavy atom. The lowest BCUT2D eigenvalue weighted by Crippen LogP contribution is -2.42. The van der Waals surface area contributed by atoms with Gasteiger partial charge in [-0.25, -0.2) is 0 Å². The predicted molar refractivity (Wildman–Crippen MR) is 89.6 cm³/mol. The van der Waals surface area contributed by atoms with Crippen LogP contribution in [-0.4, -0.2) is 29.3 Å². The quantitative estimate of drug-likeness (QED) is 0.779. The Hall–Kier alpha value is -1.27. The van der Waals surface area contributed by atoms with Crippen molar-refractivity contribution in [1.82, 2.24) is 4.90 Å². The van der Waals surface area contributed by atoms with Crippen LogP contribution in [0.1, 0.15) is 25.3 Å². The SMILES string of the molecule is CC(=O)N1CCCC1C(=O)Nc1cc(Br)cc(C)c1N.Cl. The van der Waals surface area contributed by atoms with Crippen LogP contribution in [0.15, 0.2) is 16.6 Å². The molecule has 0 aliphatic carbocycles. The fraction of sp³-hybridized carbons (Fsp3) is 0.429. The van der Waals surface area contributed by atoms with Crippen LogP contribution in [0.3, 0.4) is 0 Å². The summed E-state index contributed by atoms with van der Waals surface area (Å²) in [6.45, 7) is 4.01. The molecule has 0 spiro atoms. The highest BCUT2D eigenvalue weighted by Crippen LogP contribution is 2.28. The van der Waals surface area contributed by atoms with E-state index >= 15 is 0 Å². The molecule has 0 saturated carbocycles. The maximum absolute atomic E-state index is 12.3. The standard InChI is InChI=1S/C14H18BrN3O2.ClH/c1-8-6-10(15)7-11(13(8)16)17-14(20)12-4-3-5-18(12)9(2)19;/h6-7,12H,3-5,16H2,1-2H3,(H,17,20);1H. The van der Waals surface area contributed by atoms with Crippen molar-refractivity contribution >= 4 is 51.5 Å². The number of aryl methyl sites for hydroxylation is 1. The Morgan fingerprint density at radius 2 is 2.10 bits per heavy atom. The lowest BCUT2D eigenvalue weighted by atomic mass is 10.1. The van der Waals surface area contributed by atoms with Crippen molar-refractivity contribution in [1.29, 1.82) is 0 Å². The minimum Gasteiger partial charge on any atom is -0.397 e. The number of carbonyl (C=O) groups excluding carboxylic acids is 2. The summed E-state index contributed by atoms with van der Waals surface area (Å²) in [5.74, 6) is -0.247. The molecule has 7 heteroatoms. The number of anilines is 2. The molecule has 116 valence electrons. The van der Waals surface area contributed by atoms with Crippen LogP contribution in [0, 0.1) is 6.92 Å². The smallest absolute Gasteiger partial charge is 0.247 e. The number of halogens is 2. The molecule has 1 saturated heterocycles. The van der Waals surface area contributed by atoms with E-state index in [1.807, 2.05) is 13.0 Å². The van der Waals surface area contributed by atoms with Gasteiger partial charge in [0.2, 0.25) is 11.8 Å².